The van der Waals surface area contributed by atoms with Crippen LogP contribution in [-0.2, 0) is 0 Å². The molecule has 3 aromatic rings. The molecule has 150 valence electrons. The lowest BCUT2D eigenvalue weighted by Crippen LogP contribution is -2.41. The van der Waals surface area contributed by atoms with E-state index in [1.165, 1.54) is 18.2 Å². The Hall–Kier alpha value is -3.22. The van der Waals surface area contributed by atoms with Crippen LogP contribution >= 0.6 is 0 Å². The molecule has 29 heavy (non-hydrogen) atoms. The number of amides is 1. The Labute approximate surface area is 165 Å². The van der Waals surface area contributed by atoms with Crippen molar-refractivity contribution < 1.29 is 27.1 Å². The first-order chi connectivity index (χ1) is 14.0. The molecule has 1 aliphatic heterocycles. The minimum Gasteiger partial charge on any atom is -0.487 e. The van der Waals surface area contributed by atoms with Crippen molar-refractivity contribution in [2.45, 2.75) is 18.9 Å². The minimum atomic E-state index is -0.750. The monoisotopic (exact) mass is 401 g/mol. The molecule has 0 aliphatic carbocycles. The van der Waals surface area contributed by atoms with Gasteiger partial charge in [-0.25, -0.2) is 13.2 Å². The summed E-state index contributed by atoms with van der Waals surface area (Å²) in [6, 6.07) is 12.5. The summed E-state index contributed by atoms with van der Waals surface area (Å²) in [4.78, 5) is 14.3. The maximum absolute atomic E-state index is 13.9. The SMILES string of the molecule is O=C(c1ccc(-c2ccccc2F)o1)N1CCC(Oc2ccc(F)cc2F)CC1. The Morgan fingerprint density at radius 1 is 0.966 bits per heavy atom. The summed E-state index contributed by atoms with van der Waals surface area (Å²) in [5, 5.41) is 0. The molecule has 4 nitrogen and oxygen atoms in total. The third-order valence-corrected chi connectivity index (χ3v) is 4.87. The Morgan fingerprint density at radius 2 is 1.72 bits per heavy atom. The fourth-order valence-corrected chi connectivity index (χ4v) is 3.34. The molecule has 0 spiro atoms. The van der Waals surface area contributed by atoms with Gasteiger partial charge in [-0.15, -0.1) is 0 Å². The van der Waals surface area contributed by atoms with Crippen molar-refractivity contribution in [3.8, 4) is 17.1 Å². The highest BCUT2D eigenvalue weighted by atomic mass is 19.1. The molecule has 0 atom stereocenters. The van der Waals surface area contributed by atoms with E-state index >= 15 is 0 Å². The van der Waals surface area contributed by atoms with Gasteiger partial charge in [-0.05, 0) is 36.4 Å². The first-order valence-corrected chi connectivity index (χ1v) is 9.27. The van der Waals surface area contributed by atoms with Crippen LogP contribution in [0.1, 0.15) is 23.4 Å². The van der Waals surface area contributed by atoms with Crippen LogP contribution in [0.4, 0.5) is 13.2 Å². The standard InChI is InChI=1S/C22H18F3NO3/c23-14-5-6-20(18(25)13-14)28-15-9-11-26(12-10-15)22(27)21-8-7-19(29-21)16-3-1-2-4-17(16)24/h1-8,13,15H,9-12H2. The topological polar surface area (TPSA) is 42.7 Å². The summed E-state index contributed by atoms with van der Waals surface area (Å²) in [7, 11) is 0. The molecule has 1 amide bonds. The maximum Gasteiger partial charge on any atom is 0.289 e. The predicted molar refractivity (Wildman–Crippen MR) is 100 cm³/mol. The second kappa shape index (κ2) is 8.03. The minimum absolute atomic E-state index is 0.00302. The number of furan rings is 1. The van der Waals surface area contributed by atoms with Gasteiger partial charge >= 0.3 is 0 Å². The number of rotatable bonds is 4. The number of likely N-dealkylation sites (tertiary alicyclic amines) is 1. The third-order valence-electron chi connectivity index (χ3n) is 4.87. The summed E-state index contributed by atoms with van der Waals surface area (Å²) >= 11 is 0. The third kappa shape index (κ3) is 4.13. The lowest BCUT2D eigenvalue weighted by atomic mass is 10.1. The molecule has 2 aromatic carbocycles. The van der Waals surface area contributed by atoms with Crippen LogP contribution in [-0.4, -0.2) is 30.0 Å². The largest absolute Gasteiger partial charge is 0.487 e. The highest BCUT2D eigenvalue weighted by Crippen LogP contribution is 2.27. The zero-order valence-electron chi connectivity index (χ0n) is 15.4. The Balaban J connectivity index is 1.37. The van der Waals surface area contributed by atoms with Gasteiger partial charge in [-0.1, -0.05) is 12.1 Å². The van der Waals surface area contributed by atoms with E-state index in [0.717, 1.165) is 12.1 Å². The van der Waals surface area contributed by atoms with E-state index in [4.69, 9.17) is 9.15 Å². The molecular weight excluding hydrogens is 383 g/mol. The highest BCUT2D eigenvalue weighted by molar-refractivity contribution is 5.92. The number of ether oxygens (including phenoxy) is 1. The second-order valence-electron chi connectivity index (χ2n) is 6.83. The van der Waals surface area contributed by atoms with E-state index in [9.17, 15) is 18.0 Å². The van der Waals surface area contributed by atoms with Gasteiger partial charge in [0.05, 0.1) is 5.56 Å². The number of hydrogen-bond donors (Lipinski definition) is 0. The molecule has 0 saturated carbocycles. The fourth-order valence-electron chi connectivity index (χ4n) is 3.34. The summed E-state index contributed by atoms with van der Waals surface area (Å²) in [6.07, 6.45) is 0.733. The average Bonchev–Trinajstić information content (AvgIpc) is 3.20. The highest BCUT2D eigenvalue weighted by Gasteiger charge is 2.27. The van der Waals surface area contributed by atoms with E-state index in [2.05, 4.69) is 0 Å². The normalized spacial score (nSPS) is 14.8. The zero-order valence-corrected chi connectivity index (χ0v) is 15.4. The lowest BCUT2D eigenvalue weighted by Gasteiger charge is -2.31. The van der Waals surface area contributed by atoms with E-state index in [1.807, 2.05) is 0 Å². The fraction of sp³-hybridized carbons (Fsp3) is 0.227. The lowest BCUT2D eigenvalue weighted by molar-refractivity contribution is 0.0560. The van der Waals surface area contributed by atoms with Gasteiger partial charge < -0.3 is 14.1 Å². The number of carbonyl (C=O) groups excluding carboxylic acids is 1. The summed E-state index contributed by atoms with van der Waals surface area (Å²) < 4.78 is 51.8. The molecule has 0 unspecified atom stereocenters. The van der Waals surface area contributed by atoms with E-state index in [1.54, 1.807) is 29.2 Å². The van der Waals surface area contributed by atoms with E-state index < -0.39 is 17.5 Å². The molecule has 1 aliphatic rings. The Kier molecular flexibility index (Phi) is 5.29. The molecule has 0 N–H and O–H groups in total. The van der Waals surface area contributed by atoms with Gasteiger partial charge in [-0.3, -0.25) is 4.79 Å². The van der Waals surface area contributed by atoms with Crippen LogP contribution in [0.3, 0.4) is 0 Å². The molecular formula is C22H18F3NO3. The van der Waals surface area contributed by atoms with Crippen LogP contribution in [0.15, 0.2) is 59.0 Å². The average molecular weight is 401 g/mol. The van der Waals surface area contributed by atoms with Crippen LogP contribution in [0.5, 0.6) is 5.75 Å². The number of carbonyl (C=O) groups is 1. The summed E-state index contributed by atoms with van der Waals surface area (Å²) in [5.74, 6) is -1.71. The van der Waals surface area contributed by atoms with Crippen molar-refractivity contribution in [3.63, 3.8) is 0 Å². The molecule has 1 aromatic heterocycles. The zero-order chi connectivity index (χ0) is 20.4. The number of hydrogen-bond acceptors (Lipinski definition) is 3. The van der Waals surface area contributed by atoms with Gasteiger partial charge in [0.25, 0.3) is 5.91 Å². The molecule has 0 bridgehead atoms. The van der Waals surface area contributed by atoms with Gasteiger partial charge in [0.15, 0.2) is 17.3 Å². The van der Waals surface area contributed by atoms with Crippen molar-refractivity contribution >= 4 is 5.91 Å². The first kappa shape index (κ1) is 19.1. The van der Waals surface area contributed by atoms with Crippen LogP contribution in [0.2, 0.25) is 0 Å². The van der Waals surface area contributed by atoms with Crippen molar-refractivity contribution in [1.82, 2.24) is 4.90 Å². The molecule has 0 radical (unpaired) electrons. The van der Waals surface area contributed by atoms with Crippen molar-refractivity contribution in [1.29, 1.82) is 0 Å². The molecule has 1 saturated heterocycles. The molecule has 1 fully saturated rings. The second-order valence-corrected chi connectivity index (χ2v) is 6.83. The number of benzene rings is 2. The van der Waals surface area contributed by atoms with Crippen molar-refractivity contribution in [2.24, 2.45) is 0 Å². The van der Waals surface area contributed by atoms with Gasteiger partial charge in [-0.2, -0.15) is 0 Å². The van der Waals surface area contributed by atoms with Crippen LogP contribution in [0.25, 0.3) is 11.3 Å². The maximum atomic E-state index is 13.9. The van der Waals surface area contributed by atoms with Crippen LogP contribution < -0.4 is 4.74 Å². The first-order valence-electron chi connectivity index (χ1n) is 9.27. The molecule has 7 heteroatoms. The van der Waals surface area contributed by atoms with E-state index in [-0.39, 0.29) is 29.3 Å². The summed E-state index contributed by atoms with van der Waals surface area (Å²) in [5.41, 5.74) is 0.292. The number of halogens is 3. The van der Waals surface area contributed by atoms with Crippen molar-refractivity contribution in [3.05, 3.63) is 77.8 Å². The molecule has 2 heterocycles. The van der Waals surface area contributed by atoms with E-state index in [0.29, 0.717) is 31.5 Å². The summed E-state index contributed by atoms with van der Waals surface area (Å²) in [6.45, 7) is 0.810. The number of piperidine rings is 1. The van der Waals surface area contributed by atoms with Crippen molar-refractivity contribution in [2.75, 3.05) is 13.1 Å². The smallest absolute Gasteiger partial charge is 0.289 e. The van der Waals surface area contributed by atoms with Gasteiger partial charge in [0.1, 0.15) is 23.5 Å². The Bertz CT molecular complexity index is 1030. The molecule has 4 rings (SSSR count). The van der Waals surface area contributed by atoms with Gasteiger partial charge in [0.2, 0.25) is 0 Å². The van der Waals surface area contributed by atoms with Gasteiger partial charge in [0, 0.05) is 32.0 Å². The quantitative estimate of drug-likeness (QED) is 0.615. The number of nitrogens with zero attached hydrogens (tertiary/aromatic N) is 1. The predicted octanol–water partition coefficient (Wildman–Crippen LogP) is 5.05. The Morgan fingerprint density at radius 3 is 2.45 bits per heavy atom. The van der Waals surface area contributed by atoms with Crippen LogP contribution in [0, 0.1) is 17.5 Å².